The Hall–Kier alpha value is -1.90. The van der Waals surface area contributed by atoms with E-state index in [0.29, 0.717) is 28.7 Å². The van der Waals surface area contributed by atoms with Crippen LogP contribution >= 0.6 is 11.6 Å². The number of furan rings is 1. The number of aromatic nitrogens is 3. The molecule has 25 heavy (non-hydrogen) atoms. The third kappa shape index (κ3) is 2.65. The van der Waals surface area contributed by atoms with Gasteiger partial charge in [-0.25, -0.2) is 17.9 Å². The minimum absolute atomic E-state index is 0.0920. The molecule has 0 aliphatic carbocycles. The predicted molar refractivity (Wildman–Crippen MR) is 92.0 cm³/mol. The number of rotatable bonds is 3. The molecule has 4 rings (SSSR count). The maximum atomic E-state index is 13.1. The van der Waals surface area contributed by atoms with Crippen LogP contribution in [0.15, 0.2) is 33.8 Å². The first-order valence-electron chi connectivity index (χ1n) is 7.96. The standard InChI is InChI=1S/C16H17ClN4O3S/c1-10-5-6-14(24-10)13-4-3-7-21(13)25(22,23)12-8-18-16-15(17)11(2)19-20(16)9-12/h5-6,8-9,13H,3-4,7H2,1-2H3. The lowest BCUT2D eigenvalue weighted by Crippen LogP contribution is -2.30. The first-order chi connectivity index (χ1) is 11.9. The smallest absolute Gasteiger partial charge is 0.246 e. The molecule has 4 heterocycles. The van der Waals surface area contributed by atoms with Crippen LogP contribution in [0, 0.1) is 13.8 Å². The number of nitrogens with zero attached hydrogens (tertiary/aromatic N) is 4. The quantitative estimate of drug-likeness (QED) is 0.697. The number of halogens is 1. The molecule has 3 aromatic heterocycles. The van der Waals surface area contributed by atoms with E-state index in [2.05, 4.69) is 10.1 Å². The highest BCUT2D eigenvalue weighted by molar-refractivity contribution is 7.89. The summed E-state index contributed by atoms with van der Waals surface area (Å²) in [5.74, 6) is 1.44. The van der Waals surface area contributed by atoms with Gasteiger partial charge in [-0.15, -0.1) is 0 Å². The second-order valence-corrected chi connectivity index (χ2v) is 8.45. The first kappa shape index (κ1) is 16.6. The number of hydrogen-bond acceptors (Lipinski definition) is 5. The molecule has 1 aliphatic rings. The summed E-state index contributed by atoms with van der Waals surface area (Å²) in [5.41, 5.74) is 1.05. The van der Waals surface area contributed by atoms with Crippen LogP contribution < -0.4 is 0 Å². The third-order valence-electron chi connectivity index (χ3n) is 4.45. The summed E-state index contributed by atoms with van der Waals surface area (Å²) in [6, 6.07) is 3.39. The van der Waals surface area contributed by atoms with E-state index in [1.54, 1.807) is 6.92 Å². The molecule has 0 amide bonds. The van der Waals surface area contributed by atoms with Crippen molar-refractivity contribution in [3.8, 4) is 0 Å². The number of sulfonamides is 1. The molecular weight excluding hydrogens is 364 g/mol. The highest BCUT2D eigenvalue weighted by Gasteiger charge is 2.38. The Balaban J connectivity index is 1.75. The van der Waals surface area contributed by atoms with Gasteiger partial charge in [0, 0.05) is 6.54 Å². The van der Waals surface area contributed by atoms with Gasteiger partial charge in [0.25, 0.3) is 0 Å². The molecule has 7 nitrogen and oxygen atoms in total. The molecule has 1 unspecified atom stereocenters. The Morgan fingerprint density at radius 3 is 2.84 bits per heavy atom. The van der Waals surface area contributed by atoms with E-state index in [1.165, 1.54) is 21.2 Å². The second kappa shape index (κ2) is 5.82. The zero-order valence-corrected chi connectivity index (χ0v) is 15.4. The predicted octanol–water partition coefficient (Wildman–Crippen LogP) is 3.12. The summed E-state index contributed by atoms with van der Waals surface area (Å²) in [6.07, 6.45) is 4.31. The zero-order valence-electron chi connectivity index (χ0n) is 13.8. The highest BCUT2D eigenvalue weighted by atomic mass is 35.5. The van der Waals surface area contributed by atoms with Gasteiger partial charge < -0.3 is 4.42 Å². The van der Waals surface area contributed by atoms with Gasteiger partial charge in [-0.05, 0) is 38.8 Å². The Morgan fingerprint density at radius 2 is 2.12 bits per heavy atom. The van der Waals surface area contributed by atoms with E-state index in [-0.39, 0.29) is 10.9 Å². The van der Waals surface area contributed by atoms with E-state index in [1.807, 2.05) is 19.1 Å². The molecule has 0 aromatic carbocycles. The maximum absolute atomic E-state index is 13.1. The minimum atomic E-state index is -3.71. The molecular formula is C16H17ClN4O3S. The van der Waals surface area contributed by atoms with Crippen molar-refractivity contribution in [2.45, 2.75) is 37.6 Å². The fraction of sp³-hybridized carbons (Fsp3) is 0.375. The minimum Gasteiger partial charge on any atom is -0.465 e. The molecule has 1 atom stereocenters. The van der Waals surface area contributed by atoms with Crippen LogP contribution in [0.4, 0.5) is 0 Å². The van der Waals surface area contributed by atoms with Gasteiger partial charge in [-0.1, -0.05) is 11.6 Å². The summed E-state index contributed by atoms with van der Waals surface area (Å²) in [5, 5.41) is 4.64. The Labute approximate surface area is 150 Å². The van der Waals surface area contributed by atoms with Gasteiger partial charge >= 0.3 is 0 Å². The molecule has 0 radical (unpaired) electrons. The van der Waals surface area contributed by atoms with E-state index in [4.69, 9.17) is 16.0 Å². The highest BCUT2D eigenvalue weighted by Crippen LogP contribution is 2.37. The van der Waals surface area contributed by atoms with Crippen LogP contribution in [0.5, 0.6) is 0 Å². The topological polar surface area (TPSA) is 80.7 Å². The van der Waals surface area contributed by atoms with Gasteiger partial charge in [0.05, 0.1) is 24.1 Å². The Bertz CT molecular complexity index is 1060. The third-order valence-corrected chi connectivity index (χ3v) is 6.76. The molecule has 9 heteroatoms. The van der Waals surface area contributed by atoms with Crippen molar-refractivity contribution in [1.29, 1.82) is 0 Å². The van der Waals surface area contributed by atoms with E-state index in [9.17, 15) is 8.42 Å². The average Bonchev–Trinajstić information content (AvgIpc) is 3.27. The molecule has 0 bridgehead atoms. The summed E-state index contributed by atoms with van der Waals surface area (Å²) < 4.78 is 34.8. The van der Waals surface area contributed by atoms with Crippen molar-refractivity contribution in [3.63, 3.8) is 0 Å². The SMILES string of the molecule is Cc1ccc(C2CCCN2S(=O)(=O)c2cnc3c(Cl)c(C)nn3c2)o1. The van der Waals surface area contributed by atoms with Gasteiger partial charge in [0.1, 0.15) is 21.4 Å². The molecule has 0 spiro atoms. The van der Waals surface area contributed by atoms with Crippen LogP contribution in [0.25, 0.3) is 5.65 Å². The molecule has 0 N–H and O–H groups in total. The van der Waals surface area contributed by atoms with Crippen molar-refractivity contribution >= 4 is 27.3 Å². The van der Waals surface area contributed by atoms with Crippen LogP contribution in [0.3, 0.4) is 0 Å². The van der Waals surface area contributed by atoms with Gasteiger partial charge in [-0.3, -0.25) is 0 Å². The van der Waals surface area contributed by atoms with Crippen molar-refractivity contribution in [1.82, 2.24) is 18.9 Å². The van der Waals surface area contributed by atoms with Crippen molar-refractivity contribution in [2.24, 2.45) is 0 Å². The number of fused-ring (bicyclic) bond motifs is 1. The van der Waals surface area contributed by atoms with Crippen molar-refractivity contribution in [3.05, 3.63) is 46.8 Å². The summed E-state index contributed by atoms with van der Waals surface area (Å²) in [4.78, 5) is 4.27. The molecule has 3 aromatic rings. The monoisotopic (exact) mass is 380 g/mol. The Kier molecular flexibility index (Phi) is 3.86. The fourth-order valence-electron chi connectivity index (χ4n) is 3.21. The van der Waals surface area contributed by atoms with Crippen molar-refractivity contribution < 1.29 is 12.8 Å². The normalized spacial score (nSPS) is 19.1. The molecule has 132 valence electrons. The Morgan fingerprint density at radius 1 is 1.32 bits per heavy atom. The zero-order chi connectivity index (χ0) is 17.8. The second-order valence-electron chi connectivity index (χ2n) is 6.18. The maximum Gasteiger partial charge on any atom is 0.246 e. The van der Waals surface area contributed by atoms with Crippen LogP contribution in [-0.4, -0.2) is 33.9 Å². The largest absolute Gasteiger partial charge is 0.465 e. The van der Waals surface area contributed by atoms with E-state index < -0.39 is 10.0 Å². The van der Waals surface area contributed by atoms with Gasteiger partial charge in [-0.2, -0.15) is 9.40 Å². The number of aryl methyl sites for hydroxylation is 2. The summed E-state index contributed by atoms with van der Waals surface area (Å²) >= 11 is 6.12. The molecule has 1 fully saturated rings. The summed E-state index contributed by atoms with van der Waals surface area (Å²) in [7, 11) is -3.71. The molecule has 0 saturated carbocycles. The van der Waals surface area contributed by atoms with Crippen LogP contribution in [0.2, 0.25) is 5.02 Å². The first-order valence-corrected chi connectivity index (χ1v) is 9.78. The van der Waals surface area contributed by atoms with E-state index in [0.717, 1.165) is 18.6 Å². The average molecular weight is 381 g/mol. The number of hydrogen-bond donors (Lipinski definition) is 0. The van der Waals surface area contributed by atoms with Gasteiger partial charge in [0.15, 0.2) is 5.65 Å². The van der Waals surface area contributed by atoms with Crippen molar-refractivity contribution in [2.75, 3.05) is 6.54 Å². The summed E-state index contributed by atoms with van der Waals surface area (Å²) in [6.45, 7) is 4.05. The van der Waals surface area contributed by atoms with Gasteiger partial charge in [0.2, 0.25) is 10.0 Å². The van der Waals surface area contributed by atoms with Crippen LogP contribution in [0.1, 0.15) is 36.1 Å². The lowest BCUT2D eigenvalue weighted by Gasteiger charge is -2.22. The van der Waals surface area contributed by atoms with E-state index >= 15 is 0 Å². The lowest BCUT2D eigenvalue weighted by molar-refractivity contribution is 0.334. The molecule has 1 saturated heterocycles. The fourth-order valence-corrected chi connectivity index (χ4v) is 4.99. The molecule has 1 aliphatic heterocycles. The lowest BCUT2D eigenvalue weighted by atomic mass is 10.2. The van der Waals surface area contributed by atoms with Crippen LogP contribution in [-0.2, 0) is 10.0 Å².